The van der Waals surface area contributed by atoms with E-state index in [1.807, 2.05) is 36.4 Å². The highest BCUT2D eigenvalue weighted by Gasteiger charge is 2.26. The van der Waals surface area contributed by atoms with E-state index in [1.165, 1.54) is 37.7 Å². The van der Waals surface area contributed by atoms with Crippen molar-refractivity contribution in [1.29, 1.82) is 0 Å². The number of aromatic nitrogens is 5. The van der Waals surface area contributed by atoms with E-state index >= 15 is 0 Å². The van der Waals surface area contributed by atoms with E-state index in [4.69, 9.17) is 15.0 Å². The Morgan fingerprint density at radius 1 is 0.327 bits per heavy atom. The van der Waals surface area contributed by atoms with Crippen molar-refractivity contribution < 1.29 is 0 Å². The van der Waals surface area contributed by atoms with Gasteiger partial charge < -0.3 is 4.57 Å². The van der Waals surface area contributed by atoms with E-state index in [0.29, 0.717) is 17.6 Å². The van der Waals surface area contributed by atoms with Crippen molar-refractivity contribution in [2.45, 2.75) is 0 Å². The van der Waals surface area contributed by atoms with Crippen molar-refractivity contribution in [3.8, 4) is 34.4 Å². The zero-order valence-corrected chi connectivity index (χ0v) is 28.0. The first-order chi connectivity index (χ1) is 25.8. The lowest BCUT2D eigenvalue weighted by atomic mass is 9.97. The molecule has 0 bridgehead atoms. The second-order valence-corrected chi connectivity index (χ2v) is 13.2. The van der Waals surface area contributed by atoms with Crippen molar-refractivity contribution in [1.82, 2.24) is 24.1 Å². The normalized spacial score (nSPS) is 11.8. The molecule has 0 N–H and O–H groups in total. The van der Waals surface area contributed by atoms with Gasteiger partial charge in [-0.2, -0.15) is 9.97 Å². The third kappa shape index (κ3) is 4.14. The average Bonchev–Trinajstić information content (AvgIpc) is 3.76. The molecule has 0 radical (unpaired) electrons. The van der Waals surface area contributed by atoms with Crippen molar-refractivity contribution in [3.05, 3.63) is 176 Å². The van der Waals surface area contributed by atoms with Gasteiger partial charge in [-0.15, -0.1) is 0 Å². The number of hydrogen-bond acceptors (Lipinski definition) is 3. The highest BCUT2D eigenvalue weighted by Crippen LogP contribution is 2.48. The summed E-state index contributed by atoms with van der Waals surface area (Å²) in [6.07, 6.45) is 0. The van der Waals surface area contributed by atoms with Crippen LogP contribution in [0.4, 0.5) is 0 Å². The van der Waals surface area contributed by atoms with E-state index < -0.39 is 0 Å². The van der Waals surface area contributed by atoms with Crippen LogP contribution in [-0.2, 0) is 0 Å². The fourth-order valence-corrected chi connectivity index (χ4v) is 8.15. The van der Waals surface area contributed by atoms with Gasteiger partial charge in [-0.05, 0) is 40.4 Å². The number of benzene rings is 8. The molecule has 0 aliphatic heterocycles. The summed E-state index contributed by atoms with van der Waals surface area (Å²) in [6.45, 7) is 0. The van der Waals surface area contributed by atoms with Crippen LogP contribution in [0.15, 0.2) is 176 Å². The summed E-state index contributed by atoms with van der Waals surface area (Å²) < 4.78 is 4.72. The second-order valence-electron chi connectivity index (χ2n) is 13.2. The van der Waals surface area contributed by atoms with Crippen LogP contribution in [0.3, 0.4) is 0 Å². The third-order valence-corrected chi connectivity index (χ3v) is 10.3. The molecule has 3 aromatic heterocycles. The highest BCUT2D eigenvalue weighted by atomic mass is 15.2. The molecule has 0 aliphatic carbocycles. The average molecular weight is 664 g/mol. The van der Waals surface area contributed by atoms with Crippen LogP contribution in [0.5, 0.6) is 0 Å². The van der Waals surface area contributed by atoms with E-state index in [9.17, 15) is 0 Å². The van der Waals surface area contributed by atoms with Crippen LogP contribution in [0.2, 0.25) is 0 Å². The molecular weight excluding hydrogens is 635 g/mol. The summed E-state index contributed by atoms with van der Waals surface area (Å²) in [5, 5.41) is 9.48. The summed E-state index contributed by atoms with van der Waals surface area (Å²) in [5.74, 6) is 1.84. The van der Waals surface area contributed by atoms with Crippen LogP contribution in [0.1, 0.15) is 0 Å². The maximum Gasteiger partial charge on any atom is 0.238 e. The van der Waals surface area contributed by atoms with Crippen LogP contribution in [0.25, 0.3) is 99.6 Å². The molecule has 11 aromatic rings. The standard InChI is InChI=1S/C47H29N5/c1-4-17-31(18-5-1)45-48-46(32-19-6-2-7-20-32)50-47(49-45)52-39-29-28-30-16-10-11-23-34(30)40(39)41-35-24-12-13-25-36(35)43-42(44(41)52)37-26-14-15-27-38(37)51(43)33-21-8-3-9-22-33/h1-29H. The molecular formula is C47H29N5. The van der Waals surface area contributed by atoms with E-state index in [2.05, 4.69) is 149 Å². The molecule has 5 heteroatoms. The number of para-hydroxylation sites is 2. The summed E-state index contributed by atoms with van der Waals surface area (Å²) in [4.78, 5) is 15.7. The lowest BCUT2D eigenvalue weighted by Crippen LogP contribution is -2.06. The maximum absolute atomic E-state index is 5.32. The summed E-state index contributed by atoms with van der Waals surface area (Å²) in [6, 6.07) is 61.8. The minimum absolute atomic E-state index is 0.580. The molecule has 0 fully saturated rings. The molecule has 0 unspecified atom stereocenters. The first-order valence-electron chi connectivity index (χ1n) is 17.6. The van der Waals surface area contributed by atoms with Gasteiger partial charge in [0.15, 0.2) is 11.6 Å². The van der Waals surface area contributed by atoms with Gasteiger partial charge in [0, 0.05) is 43.7 Å². The Morgan fingerprint density at radius 3 is 1.58 bits per heavy atom. The molecule has 3 heterocycles. The van der Waals surface area contributed by atoms with Crippen LogP contribution in [0, 0.1) is 0 Å². The summed E-state index contributed by atoms with van der Waals surface area (Å²) in [7, 11) is 0. The topological polar surface area (TPSA) is 48.5 Å². The molecule has 11 rings (SSSR count). The van der Waals surface area contributed by atoms with Crippen LogP contribution >= 0.6 is 0 Å². The molecule has 52 heavy (non-hydrogen) atoms. The fraction of sp³-hybridized carbons (Fsp3) is 0. The van der Waals surface area contributed by atoms with Gasteiger partial charge >= 0.3 is 0 Å². The first kappa shape index (κ1) is 28.7. The Morgan fingerprint density at radius 2 is 0.885 bits per heavy atom. The number of hydrogen-bond donors (Lipinski definition) is 0. The van der Waals surface area contributed by atoms with Gasteiger partial charge in [-0.25, -0.2) is 4.98 Å². The minimum atomic E-state index is 0.580. The predicted octanol–water partition coefficient (Wildman–Crippen LogP) is 11.7. The first-order valence-corrected chi connectivity index (χ1v) is 17.6. The second kappa shape index (κ2) is 11.2. The lowest BCUT2D eigenvalue weighted by molar-refractivity contribution is 0.955. The Kier molecular flexibility index (Phi) is 6.18. The molecule has 8 aromatic carbocycles. The molecule has 0 atom stereocenters. The third-order valence-electron chi connectivity index (χ3n) is 10.3. The van der Waals surface area contributed by atoms with Crippen LogP contribution in [-0.4, -0.2) is 24.1 Å². The van der Waals surface area contributed by atoms with E-state index in [0.717, 1.165) is 44.3 Å². The minimum Gasteiger partial charge on any atom is -0.309 e. The van der Waals surface area contributed by atoms with Gasteiger partial charge in [0.25, 0.3) is 0 Å². The van der Waals surface area contributed by atoms with E-state index in [1.54, 1.807) is 0 Å². The number of fused-ring (bicyclic) bond motifs is 12. The smallest absolute Gasteiger partial charge is 0.238 e. The van der Waals surface area contributed by atoms with Gasteiger partial charge in [-0.1, -0.05) is 152 Å². The number of nitrogens with zero attached hydrogens (tertiary/aromatic N) is 5. The Hall–Kier alpha value is -7.11. The molecule has 242 valence electrons. The van der Waals surface area contributed by atoms with Crippen molar-refractivity contribution >= 4 is 65.2 Å². The molecule has 0 spiro atoms. The predicted molar refractivity (Wildman–Crippen MR) is 214 cm³/mol. The molecule has 0 saturated heterocycles. The lowest BCUT2D eigenvalue weighted by Gasteiger charge is -2.13. The van der Waals surface area contributed by atoms with Gasteiger partial charge in [0.2, 0.25) is 5.95 Å². The molecule has 0 aliphatic rings. The zero-order valence-electron chi connectivity index (χ0n) is 28.0. The monoisotopic (exact) mass is 663 g/mol. The summed E-state index contributed by atoms with van der Waals surface area (Å²) in [5.41, 5.74) is 7.42. The number of rotatable bonds is 4. The van der Waals surface area contributed by atoms with Gasteiger partial charge in [0.1, 0.15) is 0 Å². The Balaban J connectivity index is 1.42. The van der Waals surface area contributed by atoms with Crippen molar-refractivity contribution in [2.75, 3.05) is 0 Å². The maximum atomic E-state index is 5.32. The highest BCUT2D eigenvalue weighted by molar-refractivity contribution is 6.39. The van der Waals surface area contributed by atoms with Gasteiger partial charge in [0.05, 0.1) is 22.1 Å². The largest absolute Gasteiger partial charge is 0.309 e. The van der Waals surface area contributed by atoms with Crippen molar-refractivity contribution in [3.63, 3.8) is 0 Å². The molecule has 0 amide bonds. The summed E-state index contributed by atoms with van der Waals surface area (Å²) >= 11 is 0. The van der Waals surface area contributed by atoms with Crippen LogP contribution < -0.4 is 0 Å². The van der Waals surface area contributed by atoms with Crippen molar-refractivity contribution in [2.24, 2.45) is 0 Å². The Bertz CT molecular complexity index is 3100. The fourth-order valence-electron chi connectivity index (χ4n) is 8.15. The zero-order chi connectivity index (χ0) is 34.2. The van der Waals surface area contributed by atoms with E-state index in [-0.39, 0.29) is 0 Å². The quantitative estimate of drug-likeness (QED) is 0.188. The molecule has 5 nitrogen and oxygen atoms in total. The van der Waals surface area contributed by atoms with Gasteiger partial charge in [-0.3, -0.25) is 4.57 Å². The molecule has 0 saturated carbocycles. The SMILES string of the molecule is c1ccc(-c2nc(-c3ccccc3)nc(-n3c4ccc5ccccc5c4c4c5ccccc5c5c(c6ccccc6n5-c5ccccc5)c43)n2)cc1. The Labute approximate surface area is 298 Å².